The van der Waals surface area contributed by atoms with Gasteiger partial charge in [-0.15, -0.1) is 0 Å². The van der Waals surface area contributed by atoms with Gasteiger partial charge in [0.25, 0.3) is 0 Å². The van der Waals surface area contributed by atoms with Crippen LogP contribution in [0.5, 0.6) is 0 Å². The van der Waals surface area contributed by atoms with Gasteiger partial charge < -0.3 is 19.9 Å². The second-order valence-corrected chi connectivity index (χ2v) is 9.84. The van der Waals surface area contributed by atoms with E-state index in [1.165, 1.54) is 17.6 Å². The van der Waals surface area contributed by atoms with Crippen molar-refractivity contribution in [3.63, 3.8) is 0 Å². The van der Waals surface area contributed by atoms with E-state index in [0.29, 0.717) is 5.76 Å². The van der Waals surface area contributed by atoms with Gasteiger partial charge in [-0.3, -0.25) is 5.32 Å². The predicted octanol–water partition coefficient (Wildman–Crippen LogP) is 5.98. The van der Waals surface area contributed by atoms with Crippen LogP contribution in [-0.2, 0) is 9.47 Å². The number of hydrogen-bond acceptors (Lipinski definition) is 5. The lowest BCUT2D eigenvalue weighted by atomic mass is 9.78. The van der Waals surface area contributed by atoms with Crippen LogP contribution < -0.4 is 10.6 Å². The molecule has 34 heavy (non-hydrogen) atoms. The van der Waals surface area contributed by atoms with Crippen molar-refractivity contribution in [1.29, 1.82) is 0 Å². The lowest BCUT2D eigenvalue weighted by Gasteiger charge is -2.38. The molecule has 3 N–H and O–H groups in total. The van der Waals surface area contributed by atoms with Crippen molar-refractivity contribution in [2.45, 2.75) is 89.6 Å². The summed E-state index contributed by atoms with van der Waals surface area (Å²) in [5.74, 6) is 2.47. The van der Waals surface area contributed by atoms with Gasteiger partial charge in [0.15, 0.2) is 5.88 Å². The molecule has 0 radical (unpaired) electrons. The van der Waals surface area contributed by atoms with Crippen molar-refractivity contribution >= 4 is 0 Å². The fourth-order valence-electron chi connectivity index (χ4n) is 5.70. The molecule has 0 bridgehead atoms. The van der Waals surface area contributed by atoms with E-state index in [4.69, 9.17) is 9.47 Å². The Morgan fingerprint density at radius 1 is 1.15 bits per heavy atom. The summed E-state index contributed by atoms with van der Waals surface area (Å²) in [6.07, 6.45) is 25.3. The quantitative estimate of drug-likeness (QED) is 0.414. The van der Waals surface area contributed by atoms with Gasteiger partial charge in [0.1, 0.15) is 29.9 Å². The van der Waals surface area contributed by atoms with E-state index < -0.39 is 0 Å². The number of rotatable bonds is 8. The fraction of sp³-hybridized carbons (Fsp3) is 0.517. The van der Waals surface area contributed by atoms with E-state index in [2.05, 4.69) is 60.9 Å². The Labute approximate surface area is 203 Å². The molecule has 5 unspecified atom stereocenters. The molecule has 2 aliphatic heterocycles. The summed E-state index contributed by atoms with van der Waals surface area (Å²) in [5.41, 5.74) is 3.72. The van der Waals surface area contributed by atoms with E-state index in [1.54, 1.807) is 0 Å². The number of hydrogen-bond donors (Lipinski definition) is 3. The van der Waals surface area contributed by atoms with Crippen LogP contribution in [0.15, 0.2) is 82.7 Å². The van der Waals surface area contributed by atoms with Crippen molar-refractivity contribution in [2.24, 2.45) is 5.92 Å². The molecule has 5 aliphatic rings. The van der Waals surface area contributed by atoms with Crippen molar-refractivity contribution in [2.75, 3.05) is 0 Å². The summed E-state index contributed by atoms with van der Waals surface area (Å²) in [5, 5.41) is 18.0. The highest BCUT2D eigenvalue weighted by Crippen LogP contribution is 2.45. The number of aliphatic hydroxyl groups excluding tert-OH is 1. The Balaban J connectivity index is 1.46. The van der Waals surface area contributed by atoms with Crippen molar-refractivity contribution < 1.29 is 14.6 Å². The average molecular weight is 463 g/mol. The van der Waals surface area contributed by atoms with Crippen LogP contribution in [0.3, 0.4) is 0 Å². The maximum absolute atomic E-state index is 10.6. The van der Waals surface area contributed by atoms with Gasteiger partial charge in [-0.2, -0.15) is 0 Å². The van der Waals surface area contributed by atoms with Crippen LogP contribution >= 0.6 is 0 Å². The molecule has 0 saturated carbocycles. The first-order valence-corrected chi connectivity index (χ1v) is 13.1. The van der Waals surface area contributed by atoms with Crippen LogP contribution in [0.1, 0.15) is 65.2 Å². The lowest BCUT2D eigenvalue weighted by molar-refractivity contribution is 0.0783. The Morgan fingerprint density at radius 2 is 1.97 bits per heavy atom. The van der Waals surface area contributed by atoms with Gasteiger partial charge in [0.05, 0.1) is 6.04 Å². The molecular weight excluding hydrogens is 424 g/mol. The molecular formula is C29H38N2O3. The Kier molecular flexibility index (Phi) is 7.00. The van der Waals surface area contributed by atoms with E-state index in [9.17, 15) is 5.11 Å². The van der Waals surface area contributed by atoms with Crippen molar-refractivity contribution in [3.05, 3.63) is 82.7 Å². The summed E-state index contributed by atoms with van der Waals surface area (Å²) in [6.45, 7) is 4.41. The third kappa shape index (κ3) is 4.63. The highest BCUT2D eigenvalue weighted by molar-refractivity contribution is 5.46. The van der Waals surface area contributed by atoms with Gasteiger partial charge in [0.2, 0.25) is 0 Å². The summed E-state index contributed by atoms with van der Waals surface area (Å²) < 4.78 is 12.8. The number of allylic oxidation sites excluding steroid dienone is 6. The molecule has 0 aromatic rings. The summed E-state index contributed by atoms with van der Waals surface area (Å²) in [6, 6.07) is -0.00468. The molecule has 5 atom stereocenters. The second-order valence-electron chi connectivity index (χ2n) is 9.84. The first kappa shape index (κ1) is 23.1. The molecule has 0 aromatic heterocycles. The third-order valence-corrected chi connectivity index (χ3v) is 7.55. The van der Waals surface area contributed by atoms with Crippen LogP contribution in [0.2, 0.25) is 0 Å². The maximum Gasteiger partial charge on any atom is 0.186 e. The molecule has 3 aliphatic carbocycles. The molecule has 0 aromatic carbocycles. The normalized spacial score (nSPS) is 30.8. The SMILES string of the molecule is CCCCC(CC)OC1=CC(C2=CC=CC3OC4=C(CCC=C4)C23)NC(C2=C(O)C=CCC2)N1. The predicted molar refractivity (Wildman–Crippen MR) is 136 cm³/mol. The minimum Gasteiger partial charge on any atom is -0.508 e. The van der Waals surface area contributed by atoms with E-state index in [-0.39, 0.29) is 30.3 Å². The van der Waals surface area contributed by atoms with E-state index in [1.807, 2.05) is 12.2 Å². The molecule has 182 valence electrons. The van der Waals surface area contributed by atoms with Crippen LogP contribution in [0.25, 0.3) is 0 Å². The third-order valence-electron chi connectivity index (χ3n) is 7.55. The molecule has 5 heteroatoms. The molecule has 0 spiro atoms. The van der Waals surface area contributed by atoms with Crippen LogP contribution in [-0.4, -0.2) is 29.5 Å². The van der Waals surface area contributed by atoms with Gasteiger partial charge in [-0.05, 0) is 74.0 Å². The smallest absolute Gasteiger partial charge is 0.186 e. The first-order valence-electron chi connectivity index (χ1n) is 13.1. The molecule has 0 saturated heterocycles. The minimum absolute atomic E-state index is 0.00468. The van der Waals surface area contributed by atoms with E-state index in [0.717, 1.165) is 62.2 Å². The molecule has 2 heterocycles. The highest BCUT2D eigenvalue weighted by Gasteiger charge is 2.42. The van der Waals surface area contributed by atoms with Gasteiger partial charge in [0, 0.05) is 11.5 Å². The molecule has 5 nitrogen and oxygen atoms in total. The summed E-state index contributed by atoms with van der Waals surface area (Å²) >= 11 is 0. The van der Waals surface area contributed by atoms with Crippen molar-refractivity contribution in [1.82, 2.24) is 10.6 Å². The van der Waals surface area contributed by atoms with E-state index >= 15 is 0 Å². The molecule has 5 rings (SSSR count). The zero-order chi connectivity index (χ0) is 23.5. The highest BCUT2D eigenvalue weighted by atomic mass is 16.5. The maximum atomic E-state index is 10.6. The topological polar surface area (TPSA) is 62.8 Å². The number of nitrogens with one attached hydrogen (secondary N) is 2. The standard InChI is InChI=1S/C29H38N2O3/c1-3-5-11-19(4-2)33-27-18-23(30-29(31-27)21-12-6-8-15-24(21)32)20-14-10-17-26-28(20)22-13-7-9-16-25(22)34-26/h8-10,14-19,23,26,28-32H,3-7,11-13H2,1-2H3. The number of ether oxygens (including phenoxy) is 2. The molecule has 0 fully saturated rings. The van der Waals surface area contributed by atoms with Gasteiger partial charge in [-0.1, -0.05) is 51.0 Å². The Hall–Kier alpha value is -2.66. The van der Waals surface area contributed by atoms with Gasteiger partial charge >= 0.3 is 0 Å². The fourth-order valence-corrected chi connectivity index (χ4v) is 5.70. The zero-order valence-corrected chi connectivity index (χ0v) is 20.4. The Morgan fingerprint density at radius 3 is 2.76 bits per heavy atom. The zero-order valence-electron chi connectivity index (χ0n) is 20.4. The number of unbranched alkanes of at least 4 members (excludes halogenated alkanes) is 1. The minimum atomic E-state index is -0.175. The van der Waals surface area contributed by atoms with Crippen LogP contribution in [0, 0.1) is 5.92 Å². The number of aliphatic hydroxyl groups is 1. The lowest BCUT2D eigenvalue weighted by Crippen LogP contribution is -2.54. The molecule has 0 amide bonds. The summed E-state index contributed by atoms with van der Waals surface area (Å²) in [7, 11) is 0. The van der Waals surface area contributed by atoms with Gasteiger partial charge in [-0.25, -0.2) is 0 Å². The number of fused-ring (bicyclic) bond motifs is 2. The largest absolute Gasteiger partial charge is 0.508 e. The van der Waals surface area contributed by atoms with Crippen molar-refractivity contribution in [3.8, 4) is 0 Å². The average Bonchev–Trinajstić information content (AvgIpc) is 3.25. The second kappa shape index (κ2) is 10.3. The monoisotopic (exact) mass is 462 g/mol. The Bertz CT molecular complexity index is 997. The van der Waals surface area contributed by atoms with Crippen LogP contribution in [0.4, 0.5) is 0 Å². The first-order chi connectivity index (χ1) is 16.7. The summed E-state index contributed by atoms with van der Waals surface area (Å²) in [4.78, 5) is 0.